The molecule has 14 heavy (non-hydrogen) atoms. The Morgan fingerprint density at radius 3 is 2.50 bits per heavy atom. The molecule has 0 radical (unpaired) electrons. The molecule has 0 saturated carbocycles. The maximum Gasteiger partial charge on any atom is 0.303 e. The second-order valence-electron chi connectivity index (χ2n) is 3.82. The van der Waals surface area contributed by atoms with Crippen molar-refractivity contribution >= 4 is 17.7 Å². The van der Waals surface area contributed by atoms with Gasteiger partial charge in [-0.2, -0.15) is 0 Å². The Balaban J connectivity index is 2.26. The summed E-state index contributed by atoms with van der Waals surface area (Å²) in [5, 5.41) is 0. The molecule has 1 rings (SSSR count). The van der Waals surface area contributed by atoms with Crippen LogP contribution in [0, 0.1) is 0 Å². The maximum atomic E-state index is 10.8. The Morgan fingerprint density at radius 1 is 1.14 bits per heavy atom. The van der Waals surface area contributed by atoms with Crippen LogP contribution in [0.2, 0.25) is 0 Å². The Hall–Kier alpha value is -0.180. The molecule has 3 heteroatoms. The lowest BCUT2D eigenvalue weighted by atomic mass is 10.1. The molecule has 0 bridgehead atoms. The molecule has 1 fully saturated rings. The number of hydrogen-bond acceptors (Lipinski definition) is 3. The molecule has 0 amide bonds. The lowest BCUT2D eigenvalue weighted by molar-refractivity contribution is -0.142. The van der Waals surface area contributed by atoms with Crippen molar-refractivity contribution in [2.75, 3.05) is 5.75 Å². The van der Waals surface area contributed by atoms with Crippen LogP contribution in [0.1, 0.15) is 51.9 Å². The summed E-state index contributed by atoms with van der Waals surface area (Å²) < 4.78 is 5.25. The average Bonchev–Trinajstić information content (AvgIpc) is 2.15. The Morgan fingerprint density at radius 2 is 1.79 bits per heavy atom. The van der Waals surface area contributed by atoms with Gasteiger partial charge in [0.1, 0.15) is 5.44 Å². The molecule has 0 aromatic heterocycles. The second kappa shape index (κ2) is 7.16. The highest BCUT2D eigenvalue weighted by Crippen LogP contribution is 2.23. The third-order valence-corrected chi connectivity index (χ3v) is 3.66. The average molecular weight is 216 g/mol. The molecular weight excluding hydrogens is 196 g/mol. The molecule has 1 aliphatic rings. The molecule has 0 aromatic rings. The zero-order chi connectivity index (χ0) is 10.2. The molecule has 0 spiro atoms. The van der Waals surface area contributed by atoms with Crippen LogP contribution in [-0.4, -0.2) is 17.2 Å². The topological polar surface area (TPSA) is 26.3 Å². The van der Waals surface area contributed by atoms with E-state index in [-0.39, 0.29) is 11.4 Å². The third kappa shape index (κ3) is 5.53. The van der Waals surface area contributed by atoms with Crippen molar-refractivity contribution < 1.29 is 9.53 Å². The molecule has 0 aliphatic carbocycles. The molecule has 1 unspecified atom stereocenters. The van der Waals surface area contributed by atoms with Crippen molar-refractivity contribution in [3.05, 3.63) is 0 Å². The van der Waals surface area contributed by atoms with Gasteiger partial charge in [0, 0.05) is 6.92 Å². The van der Waals surface area contributed by atoms with Crippen molar-refractivity contribution in [1.29, 1.82) is 0 Å². The van der Waals surface area contributed by atoms with E-state index in [0.717, 1.165) is 12.2 Å². The van der Waals surface area contributed by atoms with Gasteiger partial charge in [-0.15, -0.1) is 11.8 Å². The van der Waals surface area contributed by atoms with Gasteiger partial charge in [-0.3, -0.25) is 4.79 Å². The minimum absolute atomic E-state index is 0.116. The summed E-state index contributed by atoms with van der Waals surface area (Å²) in [6, 6.07) is 0. The van der Waals surface area contributed by atoms with Crippen LogP contribution in [0.15, 0.2) is 0 Å². The predicted molar refractivity (Wildman–Crippen MR) is 60.3 cm³/mol. The fourth-order valence-electron chi connectivity index (χ4n) is 1.70. The molecule has 1 saturated heterocycles. The largest absolute Gasteiger partial charge is 0.451 e. The van der Waals surface area contributed by atoms with Crippen LogP contribution in [-0.2, 0) is 9.53 Å². The van der Waals surface area contributed by atoms with E-state index in [9.17, 15) is 4.79 Å². The fourth-order valence-corrected chi connectivity index (χ4v) is 2.87. The minimum atomic E-state index is -0.139. The normalized spacial score (nSPS) is 25.4. The summed E-state index contributed by atoms with van der Waals surface area (Å²) in [6.07, 6.45) is 8.84. The fraction of sp³-hybridized carbons (Fsp3) is 0.909. The van der Waals surface area contributed by atoms with E-state index >= 15 is 0 Å². The van der Waals surface area contributed by atoms with Gasteiger partial charge in [-0.1, -0.05) is 25.7 Å². The van der Waals surface area contributed by atoms with Crippen LogP contribution in [0.5, 0.6) is 0 Å². The van der Waals surface area contributed by atoms with Gasteiger partial charge >= 0.3 is 5.97 Å². The van der Waals surface area contributed by atoms with Crippen molar-refractivity contribution in [3.8, 4) is 0 Å². The van der Waals surface area contributed by atoms with Crippen LogP contribution in [0.3, 0.4) is 0 Å². The summed E-state index contributed by atoms with van der Waals surface area (Å²) in [4.78, 5) is 10.8. The van der Waals surface area contributed by atoms with Gasteiger partial charge in [0.05, 0.1) is 0 Å². The zero-order valence-corrected chi connectivity index (χ0v) is 9.78. The Kier molecular flexibility index (Phi) is 6.08. The summed E-state index contributed by atoms with van der Waals surface area (Å²) in [6.45, 7) is 1.50. The van der Waals surface area contributed by atoms with Crippen molar-refractivity contribution in [2.45, 2.75) is 57.3 Å². The van der Waals surface area contributed by atoms with Crippen molar-refractivity contribution in [1.82, 2.24) is 0 Å². The minimum Gasteiger partial charge on any atom is -0.451 e. The molecule has 0 aromatic carbocycles. The van der Waals surface area contributed by atoms with E-state index in [1.54, 1.807) is 11.8 Å². The van der Waals surface area contributed by atoms with Gasteiger partial charge < -0.3 is 4.74 Å². The van der Waals surface area contributed by atoms with Gasteiger partial charge in [-0.25, -0.2) is 0 Å². The van der Waals surface area contributed by atoms with Crippen LogP contribution >= 0.6 is 11.8 Å². The molecule has 1 aliphatic heterocycles. The first-order valence-electron chi connectivity index (χ1n) is 5.58. The highest BCUT2D eigenvalue weighted by atomic mass is 32.2. The quantitative estimate of drug-likeness (QED) is 0.629. The van der Waals surface area contributed by atoms with E-state index in [0.29, 0.717) is 0 Å². The first kappa shape index (κ1) is 11.9. The molecular formula is C11H20O2S. The smallest absolute Gasteiger partial charge is 0.303 e. The second-order valence-corrected chi connectivity index (χ2v) is 5.09. The highest BCUT2D eigenvalue weighted by Gasteiger charge is 2.12. The highest BCUT2D eigenvalue weighted by molar-refractivity contribution is 7.99. The summed E-state index contributed by atoms with van der Waals surface area (Å²) >= 11 is 1.81. The number of rotatable bonds is 1. The summed E-state index contributed by atoms with van der Waals surface area (Å²) in [5.74, 6) is 0.998. The van der Waals surface area contributed by atoms with Gasteiger partial charge in [-0.05, 0) is 25.0 Å². The number of carbonyl (C=O) groups excluding carboxylic acids is 1. The number of esters is 1. The number of thioether (sulfide) groups is 1. The summed E-state index contributed by atoms with van der Waals surface area (Å²) in [5.41, 5.74) is 0.116. The van der Waals surface area contributed by atoms with E-state index in [1.807, 2.05) is 0 Å². The molecule has 82 valence electrons. The van der Waals surface area contributed by atoms with Crippen molar-refractivity contribution in [3.63, 3.8) is 0 Å². The van der Waals surface area contributed by atoms with Crippen LogP contribution in [0.4, 0.5) is 0 Å². The molecule has 2 nitrogen and oxygen atoms in total. The number of hydrogen-bond donors (Lipinski definition) is 0. The van der Waals surface area contributed by atoms with Crippen LogP contribution in [0.25, 0.3) is 0 Å². The van der Waals surface area contributed by atoms with Gasteiger partial charge in [0.15, 0.2) is 0 Å². The van der Waals surface area contributed by atoms with Gasteiger partial charge in [0.25, 0.3) is 0 Å². The number of carbonyl (C=O) groups is 1. The van der Waals surface area contributed by atoms with E-state index in [2.05, 4.69) is 0 Å². The Labute approximate surface area is 90.8 Å². The van der Waals surface area contributed by atoms with E-state index in [4.69, 9.17) is 4.74 Å². The van der Waals surface area contributed by atoms with Crippen molar-refractivity contribution in [2.24, 2.45) is 0 Å². The molecule has 1 heterocycles. The zero-order valence-electron chi connectivity index (χ0n) is 8.96. The van der Waals surface area contributed by atoms with Gasteiger partial charge in [0.2, 0.25) is 0 Å². The SMILES string of the molecule is CC(=O)OC1CCCCCCCCS1. The third-order valence-electron chi connectivity index (χ3n) is 2.44. The summed E-state index contributed by atoms with van der Waals surface area (Å²) in [7, 11) is 0. The number of ether oxygens (including phenoxy) is 1. The first-order valence-corrected chi connectivity index (χ1v) is 6.63. The van der Waals surface area contributed by atoms with E-state index in [1.165, 1.54) is 45.4 Å². The van der Waals surface area contributed by atoms with E-state index < -0.39 is 0 Å². The first-order chi connectivity index (χ1) is 6.79. The monoisotopic (exact) mass is 216 g/mol. The molecule has 1 atom stereocenters. The predicted octanol–water partition coefficient (Wildman–Crippen LogP) is 3.35. The lowest BCUT2D eigenvalue weighted by Gasteiger charge is -2.17. The lowest BCUT2D eigenvalue weighted by Crippen LogP contribution is -2.13. The molecule has 0 N–H and O–H groups in total. The standard InChI is InChI=1S/C11H20O2S/c1-10(12)13-11-8-6-4-2-3-5-7-9-14-11/h11H,2-9H2,1H3. The maximum absolute atomic E-state index is 10.8. The Bertz CT molecular complexity index is 161. The van der Waals surface area contributed by atoms with Crippen LogP contribution < -0.4 is 0 Å².